The zero-order valence-corrected chi connectivity index (χ0v) is 13.7. The molecule has 0 radical (unpaired) electrons. The lowest BCUT2D eigenvalue weighted by Crippen LogP contribution is -2.26. The highest BCUT2D eigenvalue weighted by molar-refractivity contribution is 7.89. The van der Waals surface area contributed by atoms with Crippen LogP contribution in [0.3, 0.4) is 0 Å². The second-order valence-electron chi connectivity index (χ2n) is 5.79. The van der Waals surface area contributed by atoms with E-state index in [0.29, 0.717) is 17.5 Å². The molecule has 0 aromatic carbocycles. The Bertz CT molecular complexity index is 636. The molecule has 1 fully saturated rings. The van der Waals surface area contributed by atoms with Gasteiger partial charge in [0.1, 0.15) is 4.90 Å². The first kappa shape index (κ1) is 16.1. The molecule has 6 heteroatoms. The maximum atomic E-state index is 12.5. The molecule has 0 saturated heterocycles. The van der Waals surface area contributed by atoms with Gasteiger partial charge in [-0.2, -0.15) is 4.31 Å². The van der Waals surface area contributed by atoms with Crippen LogP contribution in [0.25, 0.3) is 0 Å². The van der Waals surface area contributed by atoms with Crippen molar-refractivity contribution in [3.63, 3.8) is 0 Å². The van der Waals surface area contributed by atoms with Gasteiger partial charge in [-0.15, -0.1) is 6.42 Å². The van der Waals surface area contributed by atoms with Crippen LogP contribution < -0.4 is 5.32 Å². The quantitative estimate of drug-likeness (QED) is 0.778. The molecule has 0 aliphatic heterocycles. The predicted molar refractivity (Wildman–Crippen MR) is 83.3 cm³/mol. The van der Waals surface area contributed by atoms with Crippen LogP contribution in [0.4, 0.5) is 0 Å². The van der Waals surface area contributed by atoms with Crippen LogP contribution in [0.15, 0.2) is 17.2 Å². The summed E-state index contributed by atoms with van der Waals surface area (Å²) in [4.78, 5) is 0.307. The molecule has 5 nitrogen and oxygen atoms in total. The van der Waals surface area contributed by atoms with Gasteiger partial charge in [0.15, 0.2) is 0 Å². The highest BCUT2D eigenvalue weighted by atomic mass is 32.2. The fourth-order valence-corrected chi connectivity index (χ4v) is 3.33. The van der Waals surface area contributed by atoms with E-state index >= 15 is 0 Å². The molecular weight excluding hydrogens is 286 g/mol. The summed E-state index contributed by atoms with van der Waals surface area (Å²) in [7, 11) is -2.01. The summed E-state index contributed by atoms with van der Waals surface area (Å²) < 4.78 is 28.1. The Kier molecular flexibility index (Phi) is 4.77. The van der Waals surface area contributed by atoms with Gasteiger partial charge < -0.3 is 9.88 Å². The number of sulfonamides is 1. The van der Waals surface area contributed by atoms with Crippen LogP contribution in [0.2, 0.25) is 0 Å². The summed E-state index contributed by atoms with van der Waals surface area (Å²) in [6, 6.07) is 2.55. The second-order valence-corrected chi connectivity index (χ2v) is 7.83. The molecule has 1 aliphatic carbocycles. The molecule has 1 heterocycles. The third-order valence-corrected chi connectivity index (χ3v) is 5.40. The van der Waals surface area contributed by atoms with Crippen molar-refractivity contribution < 1.29 is 8.42 Å². The van der Waals surface area contributed by atoms with Gasteiger partial charge in [-0.3, -0.25) is 0 Å². The van der Waals surface area contributed by atoms with E-state index in [-0.39, 0.29) is 12.6 Å². The van der Waals surface area contributed by atoms with Gasteiger partial charge >= 0.3 is 0 Å². The summed E-state index contributed by atoms with van der Waals surface area (Å²) in [5, 5.41) is 3.43. The molecule has 0 bridgehead atoms. The van der Waals surface area contributed by atoms with E-state index in [1.165, 1.54) is 24.2 Å². The first-order valence-corrected chi connectivity index (χ1v) is 8.64. The van der Waals surface area contributed by atoms with E-state index in [9.17, 15) is 8.42 Å². The van der Waals surface area contributed by atoms with Gasteiger partial charge in [-0.05, 0) is 32.8 Å². The van der Waals surface area contributed by atoms with Crippen molar-refractivity contribution in [2.24, 2.45) is 0 Å². The predicted octanol–water partition coefficient (Wildman–Crippen LogP) is 1.57. The van der Waals surface area contributed by atoms with E-state index in [1.54, 1.807) is 12.3 Å². The van der Waals surface area contributed by atoms with Crippen molar-refractivity contribution in [2.45, 2.75) is 50.2 Å². The normalized spacial score (nSPS) is 15.6. The van der Waals surface area contributed by atoms with Gasteiger partial charge in [-0.1, -0.05) is 5.92 Å². The molecule has 1 aliphatic rings. The Morgan fingerprint density at radius 1 is 1.52 bits per heavy atom. The minimum absolute atomic E-state index is 0.0743. The third-order valence-electron chi connectivity index (χ3n) is 3.63. The highest BCUT2D eigenvalue weighted by Gasteiger charge is 2.25. The van der Waals surface area contributed by atoms with Crippen LogP contribution in [-0.4, -0.2) is 36.9 Å². The molecule has 21 heavy (non-hydrogen) atoms. The Morgan fingerprint density at radius 3 is 2.71 bits per heavy atom. The summed E-state index contributed by atoms with van der Waals surface area (Å²) in [6.45, 7) is 4.85. The fourth-order valence-electron chi connectivity index (χ4n) is 2.19. The first-order chi connectivity index (χ1) is 9.86. The Hall–Kier alpha value is -1.29. The van der Waals surface area contributed by atoms with Crippen molar-refractivity contribution in [2.75, 3.05) is 13.6 Å². The smallest absolute Gasteiger partial charge is 0.245 e. The Balaban J connectivity index is 2.27. The molecular formula is C15H23N3O2S. The number of hydrogen-bond acceptors (Lipinski definition) is 3. The molecule has 1 aromatic heterocycles. The molecule has 0 unspecified atom stereocenters. The molecule has 116 valence electrons. The molecule has 0 atom stereocenters. The van der Waals surface area contributed by atoms with Crippen molar-refractivity contribution in [3.05, 3.63) is 18.0 Å². The number of aromatic nitrogens is 1. The summed E-state index contributed by atoms with van der Waals surface area (Å²) in [5.41, 5.74) is 0.990. The molecule has 2 rings (SSSR count). The topological polar surface area (TPSA) is 54.3 Å². The van der Waals surface area contributed by atoms with E-state index in [4.69, 9.17) is 6.42 Å². The molecule has 1 aromatic rings. The zero-order chi connectivity index (χ0) is 15.6. The third kappa shape index (κ3) is 3.67. The van der Waals surface area contributed by atoms with Crippen molar-refractivity contribution in [1.82, 2.24) is 14.2 Å². The largest absolute Gasteiger partial charge is 0.346 e. The van der Waals surface area contributed by atoms with Crippen LogP contribution in [0.5, 0.6) is 0 Å². The number of hydrogen-bond donors (Lipinski definition) is 1. The van der Waals surface area contributed by atoms with Gasteiger partial charge in [0.25, 0.3) is 0 Å². The number of nitrogens with one attached hydrogen (secondary N) is 1. The molecule has 1 N–H and O–H groups in total. The summed E-state index contributed by atoms with van der Waals surface area (Å²) in [6.07, 6.45) is 9.32. The standard InChI is InChI=1S/C15H23N3O2S/c1-5-8-17(4)21(19,20)15-9-14(10-16-13-6-7-13)18(11-15)12(2)3/h1,9,11-13,16H,6-8,10H2,2-4H3. The van der Waals surface area contributed by atoms with Gasteiger partial charge in [-0.25, -0.2) is 8.42 Å². The summed E-state index contributed by atoms with van der Waals surface area (Å²) in [5.74, 6) is 2.36. The van der Waals surface area contributed by atoms with Crippen molar-refractivity contribution in [1.29, 1.82) is 0 Å². The van der Waals surface area contributed by atoms with Gasteiger partial charge in [0, 0.05) is 37.6 Å². The average molecular weight is 309 g/mol. The minimum atomic E-state index is -3.52. The lowest BCUT2D eigenvalue weighted by molar-refractivity contribution is 0.502. The monoisotopic (exact) mass is 309 g/mol. The van der Waals surface area contributed by atoms with Crippen molar-refractivity contribution >= 4 is 10.0 Å². The number of nitrogens with zero attached hydrogens (tertiary/aromatic N) is 2. The van der Waals surface area contributed by atoms with E-state index < -0.39 is 10.0 Å². The van der Waals surface area contributed by atoms with Crippen LogP contribution in [0, 0.1) is 12.3 Å². The van der Waals surface area contributed by atoms with Crippen LogP contribution >= 0.6 is 0 Å². The minimum Gasteiger partial charge on any atom is -0.346 e. The van der Waals surface area contributed by atoms with E-state index in [1.807, 2.05) is 18.4 Å². The van der Waals surface area contributed by atoms with E-state index in [2.05, 4.69) is 11.2 Å². The van der Waals surface area contributed by atoms with Crippen LogP contribution in [0.1, 0.15) is 38.4 Å². The maximum Gasteiger partial charge on any atom is 0.245 e. The lowest BCUT2D eigenvalue weighted by atomic mass is 10.3. The SMILES string of the molecule is C#CCN(C)S(=O)(=O)c1cc(CNC2CC2)n(C(C)C)c1. The maximum absolute atomic E-state index is 12.5. The Morgan fingerprint density at radius 2 is 2.19 bits per heavy atom. The first-order valence-electron chi connectivity index (χ1n) is 7.20. The average Bonchev–Trinajstić information content (AvgIpc) is 3.13. The molecule has 0 spiro atoms. The Labute approximate surface area is 127 Å². The van der Waals surface area contributed by atoms with Crippen molar-refractivity contribution in [3.8, 4) is 12.3 Å². The second kappa shape index (κ2) is 6.22. The lowest BCUT2D eigenvalue weighted by Gasteiger charge is -2.13. The molecule has 1 saturated carbocycles. The summed E-state index contributed by atoms with van der Waals surface area (Å²) >= 11 is 0. The zero-order valence-electron chi connectivity index (χ0n) is 12.8. The van der Waals surface area contributed by atoms with E-state index in [0.717, 1.165) is 5.69 Å². The van der Waals surface area contributed by atoms with Crippen LogP contribution in [-0.2, 0) is 16.6 Å². The molecule has 0 amide bonds. The number of terminal acetylenes is 1. The highest BCUT2D eigenvalue weighted by Crippen LogP contribution is 2.23. The van der Waals surface area contributed by atoms with Gasteiger partial charge in [0.2, 0.25) is 10.0 Å². The number of rotatable bonds is 7. The van der Waals surface area contributed by atoms with Gasteiger partial charge in [0.05, 0.1) is 6.54 Å². The fraction of sp³-hybridized carbons (Fsp3) is 0.600.